The molecule has 2 fully saturated rings. The first-order valence-electron chi connectivity index (χ1n) is 15.5. The Morgan fingerprint density at radius 1 is 1.11 bits per heavy atom. The largest absolute Gasteiger partial charge is 0.457 e. The van der Waals surface area contributed by atoms with E-state index in [1.165, 1.54) is 18.2 Å². The number of esters is 1. The first-order valence-corrected chi connectivity index (χ1v) is 16.9. The van der Waals surface area contributed by atoms with Crippen molar-refractivity contribution in [3.05, 3.63) is 47.6 Å². The zero-order valence-corrected chi connectivity index (χ0v) is 27.2. The van der Waals surface area contributed by atoms with Crippen LogP contribution in [0.15, 0.2) is 46.9 Å². The standard InChI is InChI=1S/C32H45F2N3O7S/c1-22-8-10-26(38)20-29(39)44-30(23(2)9-11-28(22)43-31(40)36-16-14-35(4)15-17-36)24(3)18-25-6-5-7-27(19-25)45(41,42)37-13-12-32(33,34)21-37/h5-7,9,11,18-19,22-23,26,28,30,38H,8,10,12-17,20-21H2,1-4H3/b11-9-,24-18+/t22-,23-,26+,28-,30-/m0/s1. The number of aliphatic hydroxyl groups excluding tert-OH is 1. The number of cyclic esters (lactones) is 1. The number of rotatable bonds is 5. The van der Waals surface area contributed by atoms with Crippen LogP contribution in [0, 0.1) is 11.8 Å². The van der Waals surface area contributed by atoms with Gasteiger partial charge < -0.3 is 24.4 Å². The summed E-state index contributed by atoms with van der Waals surface area (Å²) < 4.78 is 66.3. The van der Waals surface area contributed by atoms with Crippen LogP contribution in [0.5, 0.6) is 0 Å². The maximum atomic E-state index is 13.8. The maximum Gasteiger partial charge on any atom is 0.410 e. The molecule has 3 aliphatic heterocycles. The fourth-order valence-electron chi connectivity index (χ4n) is 5.80. The van der Waals surface area contributed by atoms with Gasteiger partial charge >= 0.3 is 12.1 Å². The molecule has 0 aliphatic carbocycles. The van der Waals surface area contributed by atoms with Gasteiger partial charge in [-0.1, -0.05) is 38.1 Å². The Morgan fingerprint density at radius 3 is 2.49 bits per heavy atom. The maximum absolute atomic E-state index is 13.8. The summed E-state index contributed by atoms with van der Waals surface area (Å²) in [7, 11) is -2.12. The van der Waals surface area contributed by atoms with Gasteiger partial charge in [0, 0.05) is 45.1 Å². The second-order valence-corrected chi connectivity index (χ2v) is 14.5. The predicted octanol–water partition coefficient (Wildman–Crippen LogP) is 4.16. The summed E-state index contributed by atoms with van der Waals surface area (Å²) in [4.78, 5) is 29.6. The Morgan fingerprint density at radius 2 is 1.82 bits per heavy atom. The number of hydrogen-bond acceptors (Lipinski definition) is 8. The molecule has 3 aliphatic rings. The molecule has 10 nitrogen and oxygen atoms in total. The van der Waals surface area contributed by atoms with Gasteiger partial charge in [-0.05, 0) is 62.1 Å². The first kappa shape index (κ1) is 35.0. The lowest BCUT2D eigenvalue weighted by atomic mass is 9.91. The molecular weight excluding hydrogens is 608 g/mol. The minimum Gasteiger partial charge on any atom is -0.457 e. The van der Waals surface area contributed by atoms with Crippen molar-refractivity contribution in [2.24, 2.45) is 11.8 Å². The molecule has 0 bridgehead atoms. The van der Waals surface area contributed by atoms with Crippen LogP contribution in [0.4, 0.5) is 13.6 Å². The number of ether oxygens (including phenoxy) is 2. The molecule has 1 aromatic carbocycles. The predicted molar refractivity (Wildman–Crippen MR) is 165 cm³/mol. The summed E-state index contributed by atoms with van der Waals surface area (Å²) >= 11 is 0. The fourth-order valence-corrected chi connectivity index (χ4v) is 7.32. The van der Waals surface area contributed by atoms with Crippen LogP contribution in [0.25, 0.3) is 6.08 Å². The number of halogens is 2. The number of carbonyl (C=O) groups excluding carboxylic acids is 2. The van der Waals surface area contributed by atoms with Gasteiger partial charge in [0.2, 0.25) is 10.0 Å². The van der Waals surface area contributed by atoms with Crippen molar-refractivity contribution in [1.29, 1.82) is 0 Å². The summed E-state index contributed by atoms with van der Waals surface area (Å²) in [6.07, 6.45) is 2.82. The van der Waals surface area contributed by atoms with Crippen molar-refractivity contribution in [3.8, 4) is 0 Å². The summed E-state index contributed by atoms with van der Waals surface area (Å²) in [5.41, 5.74) is 1.10. The van der Waals surface area contributed by atoms with Gasteiger partial charge in [-0.25, -0.2) is 22.0 Å². The van der Waals surface area contributed by atoms with E-state index in [9.17, 15) is 31.9 Å². The molecule has 3 heterocycles. The Bertz CT molecular complexity index is 1380. The van der Waals surface area contributed by atoms with Crippen molar-refractivity contribution >= 4 is 28.2 Å². The zero-order chi connectivity index (χ0) is 32.9. The van der Waals surface area contributed by atoms with E-state index in [1.54, 1.807) is 24.0 Å². The highest BCUT2D eigenvalue weighted by Gasteiger charge is 2.43. The fraction of sp³-hybridized carbons (Fsp3) is 0.625. The molecule has 45 heavy (non-hydrogen) atoms. The molecule has 250 valence electrons. The van der Waals surface area contributed by atoms with Crippen LogP contribution in [-0.2, 0) is 24.3 Å². The van der Waals surface area contributed by atoms with Gasteiger partial charge in [0.25, 0.3) is 5.92 Å². The van der Waals surface area contributed by atoms with E-state index < -0.39 is 59.3 Å². The Labute approximate surface area is 264 Å². The number of benzene rings is 1. The molecule has 2 saturated heterocycles. The number of sulfonamides is 1. The SMILES string of the molecule is C/C(=C\c1cccc(S(=O)(=O)N2CCC(F)(F)C2)c1)[C@H]1OC(=O)C[C@H](O)CC[C@H](C)[C@@H](OC(=O)N2CCN(C)CC2)/C=C\[C@@H]1C. The van der Waals surface area contributed by atoms with Gasteiger partial charge in [-0.2, -0.15) is 4.31 Å². The van der Waals surface area contributed by atoms with E-state index in [-0.39, 0.29) is 29.7 Å². The van der Waals surface area contributed by atoms with Gasteiger partial charge in [0.1, 0.15) is 12.2 Å². The zero-order valence-electron chi connectivity index (χ0n) is 26.4. The lowest BCUT2D eigenvalue weighted by Gasteiger charge is -2.33. The smallest absolute Gasteiger partial charge is 0.410 e. The van der Waals surface area contributed by atoms with Crippen LogP contribution in [0.1, 0.15) is 52.0 Å². The monoisotopic (exact) mass is 653 g/mol. The number of carbonyl (C=O) groups is 2. The molecule has 0 saturated carbocycles. The average Bonchev–Trinajstić information content (AvgIpc) is 3.36. The molecule has 0 unspecified atom stereocenters. The number of hydrogen-bond donors (Lipinski definition) is 1. The number of piperazine rings is 1. The van der Waals surface area contributed by atoms with E-state index in [0.29, 0.717) is 37.1 Å². The molecule has 0 radical (unpaired) electrons. The Hall–Kier alpha value is -2.87. The molecule has 1 N–H and O–H groups in total. The topological polar surface area (TPSA) is 117 Å². The van der Waals surface area contributed by atoms with Gasteiger partial charge in [-0.15, -0.1) is 0 Å². The van der Waals surface area contributed by atoms with E-state index in [0.717, 1.165) is 17.4 Å². The number of aliphatic hydroxyl groups is 1. The van der Waals surface area contributed by atoms with Gasteiger partial charge in [0.05, 0.1) is 24.0 Å². The van der Waals surface area contributed by atoms with E-state index >= 15 is 0 Å². The molecular formula is C32H45F2N3O7S. The summed E-state index contributed by atoms with van der Waals surface area (Å²) in [5, 5.41) is 10.6. The number of likely N-dealkylation sites (N-methyl/N-ethyl adjacent to an activating group) is 1. The van der Waals surface area contributed by atoms with Crippen molar-refractivity contribution in [2.45, 2.75) is 75.6 Å². The Balaban J connectivity index is 1.56. The number of amides is 1. The third-order valence-corrected chi connectivity index (χ3v) is 10.6. The third kappa shape index (κ3) is 9.34. The summed E-state index contributed by atoms with van der Waals surface area (Å²) in [6, 6.07) is 5.99. The molecule has 0 spiro atoms. The van der Waals surface area contributed by atoms with Crippen LogP contribution in [-0.4, -0.2) is 110 Å². The molecule has 5 atom stereocenters. The molecule has 13 heteroatoms. The quantitative estimate of drug-likeness (QED) is 0.372. The summed E-state index contributed by atoms with van der Waals surface area (Å²) in [6.45, 7) is 7.10. The van der Waals surface area contributed by atoms with Gasteiger partial charge in [0.15, 0.2) is 0 Å². The molecule has 0 aromatic heterocycles. The normalized spacial score (nSPS) is 30.2. The Kier molecular flexibility index (Phi) is 11.4. The molecule has 1 aromatic rings. The lowest BCUT2D eigenvalue weighted by molar-refractivity contribution is -0.151. The van der Waals surface area contributed by atoms with Crippen LogP contribution in [0.3, 0.4) is 0 Å². The van der Waals surface area contributed by atoms with Gasteiger partial charge in [-0.3, -0.25) is 4.79 Å². The first-order chi connectivity index (χ1) is 21.1. The molecule has 4 rings (SSSR count). The van der Waals surface area contributed by atoms with Crippen molar-refractivity contribution < 1.29 is 41.4 Å². The highest BCUT2D eigenvalue weighted by molar-refractivity contribution is 7.89. The van der Waals surface area contributed by atoms with E-state index in [1.807, 2.05) is 33.0 Å². The number of alkyl halides is 2. The average molecular weight is 654 g/mol. The van der Waals surface area contributed by atoms with Crippen molar-refractivity contribution in [1.82, 2.24) is 14.1 Å². The van der Waals surface area contributed by atoms with E-state index in [2.05, 4.69) is 4.90 Å². The van der Waals surface area contributed by atoms with Crippen LogP contribution < -0.4 is 0 Å². The second-order valence-electron chi connectivity index (χ2n) is 12.6. The van der Waals surface area contributed by atoms with Crippen LogP contribution in [0.2, 0.25) is 0 Å². The lowest BCUT2D eigenvalue weighted by Crippen LogP contribution is -2.48. The van der Waals surface area contributed by atoms with E-state index in [4.69, 9.17) is 9.47 Å². The highest BCUT2D eigenvalue weighted by atomic mass is 32.2. The van der Waals surface area contributed by atoms with Crippen LogP contribution >= 0.6 is 0 Å². The number of nitrogens with zero attached hydrogens (tertiary/aromatic N) is 3. The third-order valence-electron chi connectivity index (χ3n) is 8.73. The summed E-state index contributed by atoms with van der Waals surface area (Å²) in [5.74, 6) is -4.13. The van der Waals surface area contributed by atoms with Crippen molar-refractivity contribution in [3.63, 3.8) is 0 Å². The molecule has 1 amide bonds. The highest BCUT2D eigenvalue weighted by Crippen LogP contribution is 2.32. The minimum atomic E-state index is -4.13. The second kappa shape index (κ2) is 14.7. The van der Waals surface area contributed by atoms with Crippen molar-refractivity contribution in [2.75, 3.05) is 46.3 Å². The minimum absolute atomic E-state index is 0.104.